The lowest BCUT2D eigenvalue weighted by atomic mass is 9.87. The van der Waals surface area contributed by atoms with E-state index in [1.807, 2.05) is 0 Å². The zero-order chi connectivity index (χ0) is 26.0. The van der Waals surface area contributed by atoms with Crippen LogP contribution >= 0.6 is 0 Å². The molecule has 2 fully saturated rings. The van der Waals surface area contributed by atoms with Crippen molar-refractivity contribution in [1.82, 2.24) is 0 Å². The molecule has 2 aliphatic carbocycles. The third-order valence-corrected chi connectivity index (χ3v) is 8.55. The molecule has 0 aliphatic heterocycles. The van der Waals surface area contributed by atoms with Gasteiger partial charge in [0.15, 0.2) is 0 Å². The van der Waals surface area contributed by atoms with Crippen molar-refractivity contribution in [2.24, 2.45) is 11.8 Å². The van der Waals surface area contributed by atoms with E-state index in [0.717, 1.165) is 17.8 Å². The van der Waals surface area contributed by atoms with E-state index in [4.69, 9.17) is 0 Å². The summed E-state index contributed by atoms with van der Waals surface area (Å²) in [5.41, 5.74) is 9.89. The normalized spacial score (nSPS) is 18.1. The number of aryl methyl sites for hydroxylation is 1. The minimum absolute atomic E-state index is 0.591. The van der Waals surface area contributed by atoms with E-state index in [9.17, 15) is 0 Å². The first-order valence-corrected chi connectivity index (χ1v) is 14.9. The first-order chi connectivity index (χ1) is 18.0. The number of hydrogen-bond donors (Lipinski definition) is 2. The van der Waals surface area contributed by atoms with Crippen LogP contribution in [0.4, 0.5) is 11.4 Å². The molecule has 0 aromatic heterocycles. The molecule has 0 spiro atoms. The summed E-state index contributed by atoms with van der Waals surface area (Å²) in [7, 11) is 0. The lowest BCUT2D eigenvalue weighted by molar-refractivity contribution is 0.405. The van der Waals surface area contributed by atoms with Gasteiger partial charge in [-0.2, -0.15) is 0 Å². The van der Waals surface area contributed by atoms with E-state index >= 15 is 0 Å². The topological polar surface area (TPSA) is 24.1 Å². The Balaban J connectivity index is 1.43. The highest BCUT2D eigenvalue weighted by Gasteiger charge is 2.17. The number of allylic oxidation sites excluding steroid dienone is 3. The number of benzene rings is 2. The average molecular weight is 497 g/mol. The summed E-state index contributed by atoms with van der Waals surface area (Å²) in [6, 6.07) is 15.6. The number of anilines is 2. The van der Waals surface area contributed by atoms with E-state index in [1.165, 1.54) is 111 Å². The maximum Gasteiger partial charge on any atom is 0.0387 e. The van der Waals surface area contributed by atoms with Crippen LogP contribution < -0.4 is 10.6 Å². The minimum atomic E-state index is 0.591. The van der Waals surface area contributed by atoms with Gasteiger partial charge in [-0.1, -0.05) is 95.7 Å². The summed E-state index contributed by atoms with van der Waals surface area (Å²) in [5.74, 6) is 1.21. The first-order valence-electron chi connectivity index (χ1n) is 14.9. The molecular formula is C35H48N2. The van der Waals surface area contributed by atoms with Crippen molar-refractivity contribution in [1.29, 1.82) is 0 Å². The van der Waals surface area contributed by atoms with Crippen molar-refractivity contribution in [2.75, 3.05) is 10.6 Å². The highest BCUT2D eigenvalue weighted by molar-refractivity contribution is 5.83. The Labute approximate surface area is 226 Å². The van der Waals surface area contributed by atoms with Crippen molar-refractivity contribution in [3.8, 4) is 0 Å². The summed E-state index contributed by atoms with van der Waals surface area (Å²) >= 11 is 0. The highest BCUT2D eigenvalue weighted by atomic mass is 14.9. The summed E-state index contributed by atoms with van der Waals surface area (Å²) in [6.45, 7) is 13.2. The van der Waals surface area contributed by atoms with Gasteiger partial charge in [0, 0.05) is 22.8 Å². The molecule has 2 saturated carbocycles. The fourth-order valence-electron chi connectivity index (χ4n) is 6.05. The summed E-state index contributed by atoms with van der Waals surface area (Å²) < 4.78 is 0. The van der Waals surface area contributed by atoms with Crippen LogP contribution in [0.2, 0.25) is 0 Å². The van der Waals surface area contributed by atoms with E-state index < -0.39 is 0 Å². The molecule has 2 aromatic carbocycles. The fraction of sp³-hybridized carbons (Fsp3) is 0.486. The number of hydrogen-bond acceptors (Lipinski definition) is 2. The van der Waals surface area contributed by atoms with Crippen LogP contribution in [0, 0.1) is 18.8 Å². The quantitative estimate of drug-likeness (QED) is 0.337. The summed E-state index contributed by atoms with van der Waals surface area (Å²) in [4.78, 5) is 0. The van der Waals surface area contributed by atoms with Gasteiger partial charge in [0.05, 0.1) is 0 Å². The van der Waals surface area contributed by atoms with Crippen LogP contribution in [0.1, 0.15) is 107 Å². The molecular weight excluding hydrogens is 448 g/mol. The van der Waals surface area contributed by atoms with Crippen LogP contribution in [0.25, 0.3) is 11.6 Å². The fourth-order valence-corrected chi connectivity index (χ4v) is 6.05. The van der Waals surface area contributed by atoms with Crippen LogP contribution in [0.3, 0.4) is 0 Å². The molecule has 198 valence electrons. The van der Waals surface area contributed by atoms with E-state index in [1.54, 1.807) is 0 Å². The van der Waals surface area contributed by atoms with Crippen LogP contribution in [0.15, 0.2) is 67.0 Å². The van der Waals surface area contributed by atoms with Gasteiger partial charge in [-0.3, -0.25) is 0 Å². The number of rotatable bonds is 9. The standard InChI is InChI=1S/C35H48N2/c1-5-29(32-19-22-34(23-20-32)36-27(3)30-16-12-9-13-17-30)24-33-25-35(21-18-26(33)2)37-28(4)31-14-10-7-6-8-11-15-31/h18-25,30-31,36-37H,3-17H2,1-2H3/b29-24+. The lowest BCUT2D eigenvalue weighted by Crippen LogP contribution is -2.14. The monoisotopic (exact) mass is 496 g/mol. The van der Waals surface area contributed by atoms with Gasteiger partial charge < -0.3 is 10.6 Å². The van der Waals surface area contributed by atoms with Gasteiger partial charge in [0.25, 0.3) is 0 Å². The zero-order valence-electron chi connectivity index (χ0n) is 23.4. The largest absolute Gasteiger partial charge is 0.359 e. The van der Waals surface area contributed by atoms with Crippen molar-refractivity contribution in [3.05, 3.63) is 83.7 Å². The molecule has 0 bridgehead atoms. The van der Waals surface area contributed by atoms with Crippen LogP contribution in [-0.2, 0) is 0 Å². The maximum absolute atomic E-state index is 4.44. The summed E-state index contributed by atoms with van der Waals surface area (Å²) in [5, 5.41) is 7.25. The smallest absolute Gasteiger partial charge is 0.0387 e. The predicted molar refractivity (Wildman–Crippen MR) is 164 cm³/mol. The molecule has 2 aliphatic rings. The second-order valence-electron chi connectivity index (χ2n) is 11.3. The van der Waals surface area contributed by atoms with Crippen molar-refractivity contribution < 1.29 is 0 Å². The van der Waals surface area contributed by atoms with E-state index in [0.29, 0.717) is 11.8 Å². The Morgan fingerprint density at radius 3 is 1.78 bits per heavy atom. The predicted octanol–water partition coefficient (Wildman–Crippen LogP) is 10.7. The Bertz CT molecular complexity index is 1060. The second kappa shape index (κ2) is 13.7. The molecule has 4 rings (SSSR count). The van der Waals surface area contributed by atoms with Gasteiger partial charge in [-0.05, 0) is 97.4 Å². The van der Waals surface area contributed by atoms with Crippen LogP contribution in [0.5, 0.6) is 0 Å². The molecule has 2 aromatic rings. The Hall–Kier alpha value is -2.74. The Kier molecular flexibility index (Phi) is 10.1. The summed E-state index contributed by atoms with van der Waals surface area (Å²) in [6.07, 6.45) is 19.3. The van der Waals surface area contributed by atoms with E-state index in [2.05, 4.69) is 86.2 Å². The third-order valence-electron chi connectivity index (χ3n) is 8.55. The van der Waals surface area contributed by atoms with Gasteiger partial charge >= 0.3 is 0 Å². The van der Waals surface area contributed by atoms with Gasteiger partial charge in [0.2, 0.25) is 0 Å². The molecule has 37 heavy (non-hydrogen) atoms. The molecule has 2 heteroatoms. The molecule has 0 unspecified atom stereocenters. The molecule has 0 radical (unpaired) electrons. The maximum atomic E-state index is 4.44. The van der Waals surface area contributed by atoms with Gasteiger partial charge in [0.1, 0.15) is 0 Å². The van der Waals surface area contributed by atoms with Crippen molar-refractivity contribution in [3.63, 3.8) is 0 Å². The third kappa shape index (κ3) is 7.87. The van der Waals surface area contributed by atoms with E-state index in [-0.39, 0.29) is 0 Å². The molecule has 2 N–H and O–H groups in total. The zero-order valence-corrected chi connectivity index (χ0v) is 23.4. The lowest BCUT2D eigenvalue weighted by Gasteiger charge is -2.24. The number of nitrogens with one attached hydrogen (secondary N) is 2. The molecule has 0 atom stereocenters. The Morgan fingerprint density at radius 2 is 1.22 bits per heavy atom. The van der Waals surface area contributed by atoms with Crippen LogP contribution in [-0.4, -0.2) is 0 Å². The SMILES string of the molecule is C=C(Nc1ccc(C)c(/C=C(\CC)c2ccc(NC(=C)C3CCCCC3)cc2)c1)C1CCCCCCC1. The molecule has 2 nitrogen and oxygen atoms in total. The average Bonchev–Trinajstić information content (AvgIpc) is 2.89. The molecule has 0 amide bonds. The molecule has 0 heterocycles. The minimum Gasteiger partial charge on any atom is -0.359 e. The van der Waals surface area contributed by atoms with Gasteiger partial charge in [-0.15, -0.1) is 0 Å². The Morgan fingerprint density at radius 1 is 0.730 bits per heavy atom. The molecule has 0 saturated heterocycles. The van der Waals surface area contributed by atoms with Crippen molar-refractivity contribution in [2.45, 2.75) is 97.3 Å². The first kappa shape index (κ1) is 27.3. The highest BCUT2D eigenvalue weighted by Crippen LogP contribution is 2.32. The van der Waals surface area contributed by atoms with Crippen molar-refractivity contribution >= 4 is 23.0 Å². The van der Waals surface area contributed by atoms with Gasteiger partial charge in [-0.25, -0.2) is 0 Å². The second-order valence-corrected chi connectivity index (χ2v) is 11.3.